The minimum absolute atomic E-state index is 0.0114. The molecule has 1 N–H and O–H groups in total. The van der Waals surface area contributed by atoms with Gasteiger partial charge in [0, 0.05) is 28.0 Å². The molecule has 3 heterocycles. The van der Waals surface area contributed by atoms with E-state index in [0.717, 1.165) is 10.4 Å². The molecule has 0 spiro atoms. The van der Waals surface area contributed by atoms with Crippen molar-refractivity contribution in [2.45, 2.75) is 13.0 Å². The first-order valence-electron chi connectivity index (χ1n) is 7.99. The molecular weight excluding hydrogens is 386 g/mol. The van der Waals surface area contributed by atoms with Gasteiger partial charge in [-0.15, -0.1) is 22.7 Å². The maximum atomic E-state index is 12.6. The molecule has 0 radical (unpaired) electrons. The van der Waals surface area contributed by atoms with E-state index >= 15 is 0 Å². The summed E-state index contributed by atoms with van der Waals surface area (Å²) in [5, 5.41) is 15.2. The number of nitro benzene ring substituents is 1. The number of hydrogen-bond donors (Lipinski definition) is 1. The van der Waals surface area contributed by atoms with Crippen molar-refractivity contribution >= 4 is 38.6 Å². The fourth-order valence-corrected chi connectivity index (χ4v) is 4.45. The molecule has 0 aliphatic rings. The van der Waals surface area contributed by atoms with Crippen LogP contribution in [0.3, 0.4) is 0 Å². The highest BCUT2D eigenvalue weighted by atomic mass is 32.1. The second-order valence-corrected chi connectivity index (χ2v) is 7.57. The Bertz CT molecular complexity index is 1160. The molecule has 0 aliphatic heterocycles. The van der Waals surface area contributed by atoms with Crippen LogP contribution in [0.1, 0.15) is 18.9 Å². The zero-order valence-electron chi connectivity index (χ0n) is 14.0. The second-order valence-electron chi connectivity index (χ2n) is 5.77. The molecule has 9 heteroatoms. The van der Waals surface area contributed by atoms with Crippen LogP contribution >= 0.6 is 22.7 Å². The van der Waals surface area contributed by atoms with Gasteiger partial charge in [-0.1, -0.05) is 6.07 Å². The molecule has 0 saturated heterocycles. The number of fused-ring (bicyclic) bond motifs is 1. The topological polar surface area (TPSA) is 98.1 Å². The largest absolute Gasteiger partial charge is 0.483 e. The third-order valence-electron chi connectivity index (χ3n) is 3.99. The predicted molar refractivity (Wildman–Crippen MR) is 106 cm³/mol. The van der Waals surface area contributed by atoms with Crippen LogP contribution in [0, 0.1) is 10.1 Å². The number of non-ortho nitro benzene ring substituents is 1. The quantitative estimate of drug-likeness (QED) is 0.385. The Hall–Kier alpha value is -3.04. The molecule has 4 rings (SSSR count). The van der Waals surface area contributed by atoms with E-state index in [-0.39, 0.29) is 11.2 Å². The first kappa shape index (κ1) is 17.4. The van der Waals surface area contributed by atoms with Crippen molar-refractivity contribution in [3.05, 3.63) is 73.5 Å². The van der Waals surface area contributed by atoms with E-state index in [2.05, 4.69) is 9.97 Å². The molecule has 0 amide bonds. The summed E-state index contributed by atoms with van der Waals surface area (Å²) in [6, 6.07) is 9.69. The zero-order valence-corrected chi connectivity index (χ0v) is 15.7. The average Bonchev–Trinajstić information content (AvgIpc) is 3.31. The van der Waals surface area contributed by atoms with Crippen LogP contribution in [0.25, 0.3) is 20.7 Å². The van der Waals surface area contributed by atoms with Gasteiger partial charge < -0.3 is 9.72 Å². The number of nitro groups is 1. The lowest BCUT2D eigenvalue weighted by Crippen LogP contribution is -2.16. The lowest BCUT2D eigenvalue weighted by molar-refractivity contribution is -0.384. The molecule has 0 fully saturated rings. The monoisotopic (exact) mass is 399 g/mol. The molecule has 0 saturated carbocycles. The van der Waals surface area contributed by atoms with Gasteiger partial charge in [0.1, 0.15) is 10.6 Å². The molecule has 4 aromatic rings. The van der Waals surface area contributed by atoms with Crippen LogP contribution in [-0.4, -0.2) is 14.9 Å². The summed E-state index contributed by atoms with van der Waals surface area (Å²) in [5.74, 6) is 0.867. The van der Waals surface area contributed by atoms with Crippen LogP contribution < -0.4 is 10.3 Å². The van der Waals surface area contributed by atoms with Gasteiger partial charge in [-0.2, -0.15) is 0 Å². The van der Waals surface area contributed by atoms with Gasteiger partial charge >= 0.3 is 0 Å². The molecular formula is C18H13N3O4S2. The Labute approximate surface area is 161 Å². The first-order chi connectivity index (χ1) is 13.0. The number of nitrogens with zero attached hydrogens (tertiary/aromatic N) is 2. The molecule has 0 aliphatic carbocycles. The minimum atomic E-state index is -0.518. The van der Waals surface area contributed by atoms with Crippen molar-refractivity contribution in [1.82, 2.24) is 9.97 Å². The summed E-state index contributed by atoms with van der Waals surface area (Å²) >= 11 is 2.99. The Balaban J connectivity index is 1.64. The van der Waals surface area contributed by atoms with Crippen LogP contribution in [0.4, 0.5) is 5.69 Å². The van der Waals surface area contributed by atoms with Gasteiger partial charge in [0.05, 0.1) is 10.3 Å². The van der Waals surface area contributed by atoms with Crippen molar-refractivity contribution in [3.8, 4) is 16.2 Å². The van der Waals surface area contributed by atoms with E-state index in [9.17, 15) is 14.9 Å². The number of thiophene rings is 2. The number of benzene rings is 1. The van der Waals surface area contributed by atoms with E-state index in [1.54, 1.807) is 18.3 Å². The number of nitrogens with one attached hydrogen (secondary N) is 1. The van der Waals surface area contributed by atoms with Crippen molar-refractivity contribution < 1.29 is 9.66 Å². The number of aromatic nitrogens is 2. The van der Waals surface area contributed by atoms with Crippen LogP contribution in [0.2, 0.25) is 0 Å². The Morgan fingerprint density at radius 3 is 2.67 bits per heavy atom. The normalized spacial score (nSPS) is 12.2. The average molecular weight is 399 g/mol. The van der Waals surface area contributed by atoms with Gasteiger partial charge in [0.2, 0.25) is 0 Å². The van der Waals surface area contributed by atoms with E-state index in [1.807, 2.05) is 22.9 Å². The maximum Gasteiger partial charge on any atom is 0.269 e. The number of hydrogen-bond acceptors (Lipinski definition) is 7. The van der Waals surface area contributed by atoms with Crippen LogP contribution in [-0.2, 0) is 0 Å². The SMILES string of the molecule is C[C@@H](Oc1ccc([N+](=O)[O-])cc1)c1nc2scc(-c3cccs3)c2c(=O)[nH]1. The number of H-pyrrole nitrogens is 1. The number of ether oxygens (including phenoxy) is 1. The van der Waals surface area contributed by atoms with E-state index in [1.165, 1.54) is 35.6 Å². The highest BCUT2D eigenvalue weighted by molar-refractivity contribution is 7.18. The van der Waals surface area contributed by atoms with Crippen molar-refractivity contribution in [1.29, 1.82) is 0 Å². The number of rotatable bonds is 5. The minimum Gasteiger partial charge on any atom is -0.483 e. The zero-order chi connectivity index (χ0) is 19.0. The van der Waals surface area contributed by atoms with Crippen molar-refractivity contribution in [2.24, 2.45) is 0 Å². The van der Waals surface area contributed by atoms with E-state index in [4.69, 9.17) is 4.74 Å². The van der Waals surface area contributed by atoms with E-state index < -0.39 is 11.0 Å². The fourth-order valence-electron chi connectivity index (χ4n) is 2.68. The Kier molecular flexibility index (Phi) is 4.46. The van der Waals surface area contributed by atoms with Crippen molar-refractivity contribution in [3.63, 3.8) is 0 Å². The summed E-state index contributed by atoms with van der Waals surface area (Å²) in [7, 11) is 0. The third kappa shape index (κ3) is 3.34. The Morgan fingerprint density at radius 2 is 2.00 bits per heavy atom. The maximum absolute atomic E-state index is 12.6. The van der Waals surface area contributed by atoms with Gasteiger partial charge in [0.25, 0.3) is 11.2 Å². The summed E-state index contributed by atoms with van der Waals surface area (Å²) in [6.07, 6.45) is -0.518. The summed E-state index contributed by atoms with van der Waals surface area (Å²) in [6.45, 7) is 1.76. The summed E-state index contributed by atoms with van der Waals surface area (Å²) < 4.78 is 5.77. The highest BCUT2D eigenvalue weighted by Gasteiger charge is 2.17. The summed E-state index contributed by atoms with van der Waals surface area (Å²) in [4.78, 5) is 31.9. The fraction of sp³-hybridized carbons (Fsp3) is 0.111. The molecule has 27 heavy (non-hydrogen) atoms. The molecule has 0 unspecified atom stereocenters. The predicted octanol–water partition coefficient (Wildman–Crippen LogP) is 4.76. The molecule has 3 aromatic heterocycles. The Morgan fingerprint density at radius 1 is 1.22 bits per heavy atom. The molecule has 7 nitrogen and oxygen atoms in total. The van der Waals surface area contributed by atoms with Gasteiger partial charge in [-0.05, 0) is 30.5 Å². The van der Waals surface area contributed by atoms with E-state index in [0.29, 0.717) is 21.8 Å². The molecule has 1 aromatic carbocycles. The van der Waals surface area contributed by atoms with Crippen LogP contribution in [0.5, 0.6) is 5.75 Å². The lowest BCUT2D eigenvalue weighted by atomic mass is 10.2. The van der Waals surface area contributed by atoms with Gasteiger partial charge in [0.15, 0.2) is 11.9 Å². The standard InChI is InChI=1S/C18H13N3O4S2/c1-10(25-12-6-4-11(5-7-12)21(23)24)16-19-17(22)15-13(9-27-18(15)20-16)14-3-2-8-26-14/h2-10H,1H3,(H,19,20,22)/t10-/m1/s1. The third-order valence-corrected chi connectivity index (χ3v) is 5.77. The first-order valence-corrected chi connectivity index (χ1v) is 9.75. The van der Waals surface area contributed by atoms with Gasteiger partial charge in [-0.25, -0.2) is 4.98 Å². The highest BCUT2D eigenvalue weighted by Crippen LogP contribution is 2.34. The molecule has 1 atom stereocenters. The smallest absolute Gasteiger partial charge is 0.269 e. The van der Waals surface area contributed by atoms with Crippen LogP contribution in [0.15, 0.2) is 52.0 Å². The lowest BCUT2D eigenvalue weighted by Gasteiger charge is -2.13. The molecule has 136 valence electrons. The summed E-state index contributed by atoms with van der Waals surface area (Å²) in [5.41, 5.74) is 0.663. The van der Waals surface area contributed by atoms with Crippen molar-refractivity contribution in [2.75, 3.05) is 0 Å². The molecule has 0 bridgehead atoms. The van der Waals surface area contributed by atoms with Gasteiger partial charge in [-0.3, -0.25) is 14.9 Å². The second kappa shape index (κ2) is 6.93. The number of aromatic amines is 1.